The minimum Gasteiger partial charge on any atom is -0.361 e. The summed E-state index contributed by atoms with van der Waals surface area (Å²) in [5, 5.41) is 6.97. The van der Waals surface area contributed by atoms with Gasteiger partial charge in [-0.05, 0) is 12.0 Å². The molecule has 0 aliphatic heterocycles. The van der Waals surface area contributed by atoms with Crippen molar-refractivity contribution < 1.29 is 9.32 Å². The molecule has 3 aromatic rings. The van der Waals surface area contributed by atoms with E-state index in [0.717, 1.165) is 42.1 Å². The molecule has 9 heteroatoms. The van der Waals surface area contributed by atoms with Crippen molar-refractivity contribution in [2.45, 2.75) is 52.2 Å². The zero-order valence-electron chi connectivity index (χ0n) is 17.2. The first-order valence-electron chi connectivity index (χ1n) is 9.64. The summed E-state index contributed by atoms with van der Waals surface area (Å²) in [7, 11) is 0. The Labute approximate surface area is 189 Å². The van der Waals surface area contributed by atoms with E-state index in [0.29, 0.717) is 13.0 Å². The molecule has 0 saturated heterocycles. The van der Waals surface area contributed by atoms with Crippen molar-refractivity contribution in [2.75, 3.05) is 0 Å². The number of rotatable bonds is 9. The molecule has 1 amide bonds. The quantitative estimate of drug-likeness (QED) is 0.518. The van der Waals surface area contributed by atoms with Crippen LogP contribution in [0.3, 0.4) is 0 Å². The highest BCUT2D eigenvalue weighted by Gasteiger charge is 2.18. The van der Waals surface area contributed by atoms with Crippen LogP contribution >= 0.6 is 24.8 Å². The zero-order valence-corrected chi connectivity index (χ0v) is 18.8. The predicted molar refractivity (Wildman–Crippen MR) is 121 cm³/mol. The van der Waals surface area contributed by atoms with Gasteiger partial charge in [-0.3, -0.25) is 4.79 Å². The summed E-state index contributed by atoms with van der Waals surface area (Å²) in [6.07, 6.45) is 5.59. The molecule has 30 heavy (non-hydrogen) atoms. The number of nitrogens with two attached hydrogens (primary N) is 1. The third-order valence-electron chi connectivity index (χ3n) is 4.71. The van der Waals surface area contributed by atoms with Gasteiger partial charge in [0, 0.05) is 37.7 Å². The molecule has 1 atom stereocenters. The molecule has 2 aromatic heterocycles. The lowest BCUT2D eigenvalue weighted by atomic mass is 10.1. The van der Waals surface area contributed by atoms with Crippen LogP contribution in [0, 0.1) is 0 Å². The second kappa shape index (κ2) is 12.4. The average Bonchev–Trinajstić information content (AvgIpc) is 3.32. The van der Waals surface area contributed by atoms with Crippen molar-refractivity contribution in [3.8, 4) is 0 Å². The molecule has 0 radical (unpaired) electrons. The number of aromatic nitrogens is 3. The van der Waals surface area contributed by atoms with Crippen LogP contribution in [-0.4, -0.2) is 26.7 Å². The van der Waals surface area contributed by atoms with Crippen molar-refractivity contribution in [2.24, 2.45) is 5.73 Å². The number of benzene rings is 1. The molecule has 0 saturated carbocycles. The fourth-order valence-electron chi connectivity index (χ4n) is 3.15. The van der Waals surface area contributed by atoms with E-state index in [-0.39, 0.29) is 30.7 Å². The van der Waals surface area contributed by atoms with Crippen LogP contribution in [0.15, 0.2) is 47.4 Å². The van der Waals surface area contributed by atoms with Gasteiger partial charge in [-0.2, -0.15) is 0 Å². The van der Waals surface area contributed by atoms with E-state index in [2.05, 4.69) is 27.6 Å². The summed E-state index contributed by atoms with van der Waals surface area (Å²) < 4.78 is 7.32. The lowest BCUT2D eigenvalue weighted by Gasteiger charge is -2.11. The minimum absolute atomic E-state index is 0. The van der Waals surface area contributed by atoms with Crippen LogP contribution in [0.1, 0.15) is 42.1 Å². The topological polar surface area (TPSA) is 99.0 Å². The summed E-state index contributed by atoms with van der Waals surface area (Å²) in [5.74, 6) is 0.605. The smallest absolute Gasteiger partial charge is 0.237 e. The Morgan fingerprint density at radius 1 is 1.20 bits per heavy atom. The molecule has 3 N–H and O–H groups in total. The molecule has 164 valence electrons. The third kappa shape index (κ3) is 6.58. The van der Waals surface area contributed by atoms with Gasteiger partial charge in [0.25, 0.3) is 0 Å². The highest BCUT2D eigenvalue weighted by Crippen LogP contribution is 2.15. The number of amides is 1. The Hall–Kier alpha value is -2.35. The van der Waals surface area contributed by atoms with Crippen molar-refractivity contribution in [1.29, 1.82) is 0 Å². The minimum atomic E-state index is -0.657. The Balaban J connectivity index is 0.00000225. The molecule has 0 aliphatic carbocycles. The highest BCUT2D eigenvalue weighted by molar-refractivity contribution is 5.85. The van der Waals surface area contributed by atoms with Crippen LogP contribution in [0.25, 0.3) is 0 Å². The predicted octanol–water partition coefficient (Wildman–Crippen LogP) is 3.07. The van der Waals surface area contributed by atoms with E-state index in [4.69, 9.17) is 10.3 Å². The summed E-state index contributed by atoms with van der Waals surface area (Å²) in [5.41, 5.74) is 9.92. The first-order valence-corrected chi connectivity index (χ1v) is 9.64. The van der Waals surface area contributed by atoms with E-state index in [1.54, 1.807) is 6.33 Å². The van der Waals surface area contributed by atoms with Gasteiger partial charge in [-0.15, -0.1) is 24.8 Å². The summed E-state index contributed by atoms with van der Waals surface area (Å²) in [4.78, 5) is 16.8. The maximum absolute atomic E-state index is 12.4. The molecule has 2 heterocycles. The molecule has 0 fully saturated rings. The Morgan fingerprint density at radius 2 is 1.93 bits per heavy atom. The van der Waals surface area contributed by atoms with Gasteiger partial charge in [-0.1, -0.05) is 49.3 Å². The van der Waals surface area contributed by atoms with E-state index in [1.165, 1.54) is 5.56 Å². The number of carbonyl (C=O) groups is 1. The molecule has 7 nitrogen and oxygen atoms in total. The second-order valence-electron chi connectivity index (χ2n) is 6.79. The third-order valence-corrected chi connectivity index (χ3v) is 4.71. The van der Waals surface area contributed by atoms with Gasteiger partial charge >= 0.3 is 0 Å². The largest absolute Gasteiger partial charge is 0.361 e. The second-order valence-corrected chi connectivity index (χ2v) is 6.79. The van der Waals surface area contributed by atoms with Gasteiger partial charge in [-0.25, -0.2) is 4.98 Å². The normalized spacial score (nSPS) is 11.3. The molecule has 0 bridgehead atoms. The SMILES string of the molecule is CCc1noc(CC)c1CNC(=O)[C@@H](N)Cc1cn(Cc2ccccc2)cn1.Cl.Cl. The Kier molecular flexibility index (Phi) is 10.6. The molecule has 3 rings (SSSR count). The number of carbonyl (C=O) groups excluding carboxylic acids is 1. The number of nitrogens with zero attached hydrogens (tertiary/aromatic N) is 3. The van der Waals surface area contributed by atoms with Crippen LogP contribution in [-0.2, 0) is 37.1 Å². The zero-order chi connectivity index (χ0) is 19.9. The van der Waals surface area contributed by atoms with Gasteiger partial charge in [0.2, 0.25) is 5.91 Å². The van der Waals surface area contributed by atoms with E-state index < -0.39 is 6.04 Å². The standard InChI is InChI=1S/C21H27N5O2.2ClH/c1-3-19-17(20(4-2)28-25-19)11-23-21(27)18(22)10-16-13-26(14-24-16)12-15-8-6-5-7-9-15;;/h5-9,13-14,18H,3-4,10-12,22H2,1-2H3,(H,23,27);2*1H/t18-;;/m0../s1. The summed E-state index contributed by atoms with van der Waals surface area (Å²) in [6.45, 7) is 5.14. The lowest BCUT2D eigenvalue weighted by molar-refractivity contribution is -0.122. The Morgan fingerprint density at radius 3 is 2.60 bits per heavy atom. The number of aryl methyl sites for hydroxylation is 2. The van der Waals surface area contributed by atoms with Crippen molar-refractivity contribution in [3.05, 3.63) is 71.1 Å². The van der Waals surface area contributed by atoms with E-state index >= 15 is 0 Å². The molecular formula is C21H29Cl2N5O2. The lowest BCUT2D eigenvalue weighted by Crippen LogP contribution is -2.41. The first-order chi connectivity index (χ1) is 13.6. The van der Waals surface area contributed by atoms with Crippen LogP contribution in [0.4, 0.5) is 0 Å². The fourth-order valence-corrected chi connectivity index (χ4v) is 3.15. The number of imidazole rings is 1. The molecular weight excluding hydrogens is 425 g/mol. The monoisotopic (exact) mass is 453 g/mol. The van der Waals surface area contributed by atoms with Crippen LogP contribution < -0.4 is 11.1 Å². The van der Waals surface area contributed by atoms with Gasteiger partial charge < -0.3 is 20.1 Å². The molecule has 0 spiro atoms. The van der Waals surface area contributed by atoms with E-state index in [9.17, 15) is 4.79 Å². The van der Waals surface area contributed by atoms with Crippen molar-refractivity contribution in [1.82, 2.24) is 20.0 Å². The number of halogens is 2. The number of hydrogen-bond acceptors (Lipinski definition) is 5. The summed E-state index contributed by atoms with van der Waals surface area (Å²) in [6, 6.07) is 9.49. The van der Waals surface area contributed by atoms with Gasteiger partial charge in [0.05, 0.1) is 23.8 Å². The molecule has 1 aromatic carbocycles. The molecule has 0 aliphatic rings. The van der Waals surface area contributed by atoms with Crippen LogP contribution in [0.5, 0.6) is 0 Å². The van der Waals surface area contributed by atoms with Crippen molar-refractivity contribution in [3.63, 3.8) is 0 Å². The van der Waals surface area contributed by atoms with Crippen molar-refractivity contribution >= 4 is 30.7 Å². The number of hydrogen-bond donors (Lipinski definition) is 2. The van der Waals surface area contributed by atoms with Gasteiger partial charge in [0.1, 0.15) is 5.76 Å². The number of nitrogens with one attached hydrogen (secondary N) is 1. The average molecular weight is 454 g/mol. The molecule has 0 unspecified atom stereocenters. The maximum Gasteiger partial charge on any atom is 0.237 e. The Bertz CT molecular complexity index is 890. The van der Waals surface area contributed by atoms with E-state index in [1.807, 2.05) is 42.8 Å². The van der Waals surface area contributed by atoms with Crippen LogP contribution in [0.2, 0.25) is 0 Å². The van der Waals surface area contributed by atoms with Gasteiger partial charge in [0.15, 0.2) is 0 Å². The highest BCUT2D eigenvalue weighted by atomic mass is 35.5. The maximum atomic E-state index is 12.4. The first kappa shape index (κ1) is 25.7. The summed E-state index contributed by atoms with van der Waals surface area (Å²) >= 11 is 0. The fraction of sp³-hybridized carbons (Fsp3) is 0.381.